The van der Waals surface area contributed by atoms with Gasteiger partial charge >= 0.3 is 0 Å². The smallest absolute Gasteiger partial charge is 0.243 e. The highest BCUT2D eigenvalue weighted by molar-refractivity contribution is 7.89. The summed E-state index contributed by atoms with van der Waals surface area (Å²) in [5.74, 6) is 0.691. The van der Waals surface area contributed by atoms with Crippen molar-refractivity contribution in [1.82, 2.24) is 19.4 Å². The second-order valence-corrected chi connectivity index (χ2v) is 11.1. The molecule has 8 heteroatoms. The third-order valence-electron chi connectivity index (χ3n) is 6.81. The molecular weight excluding hydrogens is 446 g/mol. The number of likely N-dealkylation sites (N-methyl/N-ethyl adjacent to an activating group) is 1. The van der Waals surface area contributed by atoms with Gasteiger partial charge in [0.25, 0.3) is 0 Å². The van der Waals surface area contributed by atoms with Crippen molar-refractivity contribution in [1.29, 1.82) is 0 Å². The van der Waals surface area contributed by atoms with Crippen LogP contribution in [0.2, 0.25) is 0 Å². The summed E-state index contributed by atoms with van der Waals surface area (Å²) in [5.41, 5.74) is 5.86. The highest BCUT2D eigenvalue weighted by atomic mass is 32.2. The Bertz CT molecular complexity index is 1240. The quantitative estimate of drug-likeness (QED) is 0.585. The van der Waals surface area contributed by atoms with E-state index in [1.165, 1.54) is 30.4 Å². The van der Waals surface area contributed by atoms with Gasteiger partial charge in [-0.05, 0) is 79.8 Å². The van der Waals surface area contributed by atoms with Crippen LogP contribution >= 0.6 is 0 Å². The number of piperazine rings is 1. The Hall–Kier alpha value is -2.81. The summed E-state index contributed by atoms with van der Waals surface area (Å²) in [4.78, 5) is 2.48. The van der Waals surface area contributed by atoms with E-state index in [2.05, 4.69) is 38.6 Å². The van der Waals surface area contributed by atoms with Crippen LogP contribution in [0, 0.1) is 0 Å². The van der Waals surface area contributed by atoms with Crippen LogP contribution in [0.15, 0.2) is 59.5 Å². The van der Waals surface area contributed by atoms with Gasteiger partial charge in [0.15, 0.2) is 0 Å². The van der Waals surface area contributed by atoms with Gasteiger partial charge in [-0.2, -0.15) is 4.31 Å². The van der Waals surface area contributed by atoms with E-state index in [-0.39, 0.29) is 0 Å². The SMILES string of the molecule is CN1CCN(S(=O)(=O)c2ccc(CNc3ccc(-c4ccc5c(c4)CCCC5)nn3)cc2)CC1. The lowest BCUT2D eigenvalue weighted by atomic mass is 9.90. The second-order valence-electron chi connectivity index (χ2n) is 9.20. The van der Waals surface area contributed by atoms with E-state index in [4.69, 9.17) is 0 Å². The predicted octanol–water partition coefficient (Wildman–Crippen LogP) is 3.57. The van der Waals surface area contributed by atoms with Crippen molar-refractivity contribution in [2.24, 2.45) is 0 Å². The van der Waals surface area contributed by atoms with Crippen LogP contribution in [0.25, 0.3) is 11.3 Å². The fourth-order valence-corrected chi connectivity index (χ4v) is 6.04. The molecule has 3 aromatic rings. The molecule has 0 unspecified atom stereocenters. The summed E-state index contributed by atoms with van der Waals surface area (Å²) in [6.45, 7) is 3.12. The first kappa shape index (κ1) is 23.0. The van der Waals surface area contributed by atoms with Gasteiger partial charge in [-0.1, -0.05) is 24.3 Å². The number of nitrogens with zero attached hydrogens (tertiary/aromatic N) is 4. The first-order valence-corrected chi connectivity index (χ1v) is 13.4. The number of rotatable bonds is 6. The van der Waals surface area contributed by atoms with Crippen molar-refractivity contribution < 1.29 is 8.42 Å². The number of anilines is 1. The molecule has 0 saturated carbocycles. The van der Waals surface area contributed by atoms with Crippen molar-refractivity contribution in [2.75, 3.05) is 38.5 Å². The Morgan fingerprint density at radius 2 is 1.59 bits per heavy atom. The first-order valence-electron chi connectivity index (χ1n) is 12.0. The highest BCUT2D eigenvalue weighted by Gasteiger charge is 2.27. The van der Waals surface area contributed by atoms with Crippen LogP contribution in [0.3, 0.4) is 0 Å². The maximum Gasteiger partial charge on any atom is 0.243 e. The molecule has 7 nitrogen and oxygen atoms in total. The fraction of sp³-hybridized carbons (Fsp3) is 0.385. The first-order chi connectivity index (χ1) is 16.5. The van der Waals surface area contributed by atoms with Crippen LogP contribution in [-0.4, -0.2) is 61.0 Å². The van der Waals surface area contributed by atoms with E-state index in [9.17, 15) is 8.42 Å². The highest BCUT2D eigenvalue weighted by Crippen LogP contribution is 2.26. The molecule has 5 rings (SSSR count). The minimum atomic E-state index is -3.44. The molecule has 178 valence electrons. The molecule has 0 bridgehead atoms. The number of benzene rings is 2. The van der Waals surface area contributed by atoms with Gasteiger partial charge in [-0.3, -0.25) is 0 Å². The van der Waals surface area contributed by atoms with Crippen molar-refractivity contribution in [3.05, 3.63) is 71.3 Å². The van der Waals surface area contributed by atoms with E-state index < -0.39 is 10.0 Å². The molecule has 1 fully saturated rings. The van der Waals surface area contributed by atoms with E-state index in [0.717, 1.165) is 36.3 Å². The Morgan fingerprint density at radius 3 is 2.29 bits per heavy atom. The average Bonchev–Trinajstić information content (AvgIpc) is 2.88. The number of aromatic nitrogens is 2. The summed E-state index contributed by atoms with van der Waals surface area (Å²) >= 11 is 0. The molecule has 0 atom stereocenters. The van der Waals surface area contributed by atoms with Crippen LogP contribution in [0.1, 0.15) is 29.5 Å². The Balaban J connectivity index is 1.20. The molecule has 1 aromatic heterocycles. The summed E-state index contributed by atoms with van der Waals surface area (Å²) in [6.07, 6.45) is 4.85. The monoisotopic (exact) mass is 477 g/mol. The van der Waals surface area contributed by atoms with Crippen molar-refractivity contribution in [3.8, 4) is 11.3 Å². The Kier molecular flexibility index (Phi) is 6.63. The third kappa shape index (κ3) is 4.99. The number of fused-ring (bicyclic) bond motifs is 1. The van der Waals surface area contributed by atoms with Crippen LogP contribution in [0.5, 0.6) is 0 Å². The van der Waals surface area contributed by atoms with Gasteiger partial charge < -0.3 is 10.2 Å². The van der Waals surface area contributed by atoms with E-state index >= 15 is 0 Å². The molecule has 2 heterocycles. The Labute approximate surface area is 201 Å². The van der Waals surface area contributed by atoms with Gasteiger partial charge in [0, 0.05) is 38.3 Å². The molecule has 2 aromatic carbocycles. The molecule has 1 N–H and O–H groups in total. The molecular formula is C26H31N5O2S. The van der Waals surface area contributed by atoms with Crippen molar-refractivity contribution in [3.63, 3.8) is 0 Å². The lowest BCUT2D eigenvalue weighted by Crippen LogP contribution is -2.46. The minimum absolute atomic E-state index is 0.343. The summed E-state index contributed by atoms with van der Waals surface area (Å²) in [7, 11) is -1.43. The average molecular weight is 478 g/mol. The number of nitrogens with one attached hydrogen (secondary N) is 1. The maximum absolute atomic E-state index is 12.9. The number of sulfonamides is 1. The molecule has 0 radical (unpaired) electrons. The lowest BCUT2D eigenvalue weighted by Gasteiger charge is -2.31. The zero-order valence-electron chi connectivity index (χ0n) is 19.6. The van der Waals surface area contributed by atoms with Gasteiger partial charge in [0.1, 0.15) is 5.82 Å². The third-order valence-corrected chi connectivity index (χ3v) is 8.72. The van der Waals surface area contributed by atoms with Gasteiger partial charge in [0.2, 0.25) is 10.0 Å². The van der Waals surface area contributed by atoms with Gasteiger partial charge in [-0.15, -0.1) is 10.2 Å². The van der Waals surface area contributed by atoms with E-state index in [0.29, 0.717) is 30.3 Å². The summed E-state index contributed by atoms with van der Waals surface area (Å²) in [5, 5.41) is 12.0. The van der Waals surface area contributed by atoms with Crippen LogP contribution in [0.4, 0.5) is 5.82 Å². The maximum atomic E-state index is 12.9. The zero-order chi connectivity index (χ0) is 23.5. The number of aryl methyl sites for hydroxylation is 2. The molecule has 1 aliphatic heterocycles. The number of hydrogen-bond donors (Lipinski definition) is 1. The molecule has 1 saturated heterocycles. The second kappa shape index (κ2) is 9.82. The fourth-order valence-electron chi connectivity index (χ4n) is 4.62. The topological polar surface area (TPSA) is 78.4 Å². The largest absolute Gasteiger partial charge is 0.365 e. The standard InChI is InChI=1S/C26H31N5O2S/c1-30-14-16-31(17-15-30)34(32,33)24-10-6-20(7-11-24)19-27-26-13-12-25(28-29-26)23-9-8-21-4-2-3-5-22(21)18-23/h6-13,18H,2-5,14-17,19H2,1H3,(H,27,29). The predicted molar refractivity (Wildman–Crippen MR) is 134 cm³/mol. The van der Waals surface area contributed by atoms with E-state index in [1.807, 2.05) is 31.3 Å². The van der Waals surface area contributed by atoms with Crippen molar-refractivity contribution >= 4 is 15.8 Å². The van der Waals surface area contributed by atoms with Crippen LogP contribution in [-0.2, 0) is 29.4 Å². The van der Waals surface area contributed by atoms with Crippen LogP contribution < -0.4 is 5.32 Å². The Morgan fingerprint density at radius 1 is 0.853 bits per heavy atom. The zero-order valence-corrected chi connectivity index (χ0v) is 20.4. The normalized spacial score (nSPS) is 17.3. The van der Waals surface area contributed by atoms with Gasteiger partial charge in [-0.25, -0.2) is 8.42 Å². The molecule has 34 heavy (non-hydrogen) atoms. The van der Waals surface area contributed by atoms with E-state index in [1.54, 1.807) is 16.4 Å². The molecule has 0 spiro atoms. The minimum Gasteiger partial charge on any atom is -0.365 e. The lowest BCUT2D eigenvalue weighted by molar-refractivity contribution is 0.222. The van der Waals surface area contributed by atoms with Gasteiger partial charge in [0.05, 0.1) is 10.6 Å². The molecule has 0 amide bonds. The molecule has 2 aliphatic rings. The van der Waals surface area contributed by atoms with Crippen molar-refractivity contribution in [2.45, 2.75) is 37.1 Å². The summed E-state index contributed by atoms with van der Waals surface area (Å²) < 4.78 is 27.3. The number of hydrogen-bond acceptors (Lipinski definition) is 6. The molecule has 1 aliphatic carbocycles. The summed E-state index contributed by atoms with van der Waals surface area (Å²) in [6, 6.07) is 17.6.